The van der Waals surface area contributed by atoms with Gasteiger partial charge in [0.25, 0.3) is 0 Å². The van der Waals surface area contributed by atoms with Gasteiger partial charge in [0.15, 0.2) is 0 Å². The van der Waals surface area contributed by atoms with E-state index in [1.807, 2.05) is 12.4 Å². The Kier molecular flexibility index (Phi) is 2.89. The molecular formula is C14H18N4. The number of nitrogens with zero attached hydrogens (tertiary/aromatic N) is 1. The third-order valence-corrected chi connectivity index (χ3v) is 3.62. The van der Waals surface area contributed by atoms with Gasteiger partial charge in [-0.05, 0) is 25.0 Å². The van der Waals surface area contributed by atoms with E-state index in [2.05, 4.69) is 52.9 Å². The Labute approximate surface area is 107 Å². The average molecular weight is 242 g/mol. The molecule has 0 amide bonds. The van der Waals surface area contributed by atoms with E-state index < -0.39 is 0 Å². The van der Waals surface area contributed by atoms with Crippen LogP contribution < -0.4 is 10.9 Å². The van der Waals surface area contributed by atoms with E-state index in [1.54, 1.807) is 0 Å². The van der Waals surface area contributed by atoms with E-state index in [4.69, 9.17) is 0 Å². The highest BCUT2D eigenvalue weighted by Gasteiger charge is 2.32. The molecule has 4 nitrogen and oxygen atoms in total. The third-order valence-electron chi connectivity index (χ3n) is 3.62. The van der Waals surface area contributed by atoms with Crippen LogP contribution in [0, 0.1) is 13.8 Å². The maximum Gasteiger partial charge on any atom is 0.112 e. The Morgan fingerprint density at radius 2 is 2.17 bits per heavy atom. The van der Waals surface area contributed by atoms with Crippen LogP contribution in [0.1, 0.15) is 34.5 Å². The van der Waals surface area contributed by atoms with Crippen molar-refractivity contribution in [3.05, 3.63) is 53.1 Å². The molecule has 2 aromatic rings. The highest BCUT2D eigenvalue weighted by molar-refractivity contribution is 5.35. The first-order valence-electron chi connectivity index (χ1n) is 6.30. The van der Waals surface area contributed by atoms with Gasteiger partial charge >= 0.3 is 0 Å². The van der Waals surface area contributed by atoms with Gasteiger partial charge in [-0.25, -0.2) is 10.4 Å². The molecule has 94 valence electrons. The first-order chi connectivity index (χ1) is 8.75. The molecule has 3 N–H and O–H groups in total. The van der Waals surface area contributed by atoms with E-state index in [1.165, 1.54) is 16.7 Å². The molecule has 0 aliphatic carbocycles. The molecule has 4 heteroatoms. The number of rotatable bonds is 2. The molecule has 0 radical (unpaired) electrons. The fourth-order valence-corrected chi connectivity index (χ4v) is 2.62. The lowest BCUT2D eigenvalue weighted by Gasteiger charge is -2.19. The number of aromatic amines is 1. The summed E-state index contributed by atoms with van der Waals surface area (Å²) in [6.07, 6.45) is 3.70. The second-order valence-electron chi connectivity index (χ2n) is 4.94. The molecule has 3 rings (SSSR count). The summed E-state index contributed by atoms with van der Waals surface area (Å²) in [5.74, 6) is 1.39. The summed E-state index contributed by atoms with van der Waals surface area (Å²) in [4.78, 5) is 7.61. The van der Waals surface area contributed by atoms with Crippen molar-refractivity contribution < 1.29 is 0 Å². The van der Waals surface area contributed by atoms with Crippen LogP contribution >= 0.6 is 0 Å². The van der Waals surface area contributed by atoms with Crippen molar-refractivity contribution in [1.82, 2.24) is 20.8 Å². The summed E-state index contributed by atoms with van der Waals surface area (Å²) >= 11 is 0. The SMILES string of the molecule is Cc1ccc(C)c(C2NNCC2c2ncc[nH]2)c1. The topological polar surface area (TPSA) is 52.7 Å². The Hall–Kier alpha value is -1.65. The van der Waals surface area contributed by atoms with Gasteiger partial charge in [-0.1, -0.05) is 23.8 Å². The summed E-state index contributed by atoms with van der Waals surface area (Å²) in [5.41, 5.74) is 10.6. The van der Waals surface area contributed by atoms with Crippen molar-refractivity contribution >= 4 is 0 Å². The van der Waals surface area contributed by atoms with Gasteiger partial charge in [0.1, 0.15) is 5.82 Å². The van der Waals surface area contributed by atoms with Gasteiger partial charge in [-0.3, -0.25) is 5.43 Å². The van der Waals surface area contributed by atoms with Gasteiger partial charge in [0.05, 0.1) is 12.0 Å². The quantitative estimate of drug-likeness (QED) is 0.754. The molecule has 0 bridgehead atoms. The minimum absolute atomic E-state index is 0.274. The number of imidazole rings is 1. The number of hydrazine groups is 1. The molecule has 0 spiro atoms. The van der Waals surface area contributed by atoms with Crippen molar-refractivity contribution in [2.24, 2.45) is 0 Å². The molecule has 2 atom stereocenters. The molecule has 0 saturated carbocycles. The lowest BCUT2D eigenvalue weighted by molar-refractivity contribution is 0.541. The van der Waals surface area contributed by atoms with Gasteiger partial charge in [-0.2, -0.15) is 0 Å². The molecule has 2 heterocycles. The average Bonchev–Trinajstić information content (AvgIpc) is 3.00. The highest BCUT2D eigenvalue weighted by Crippen LogP contribution is 2.33. The van der Waals surface area contributed by atoms with Crippen molar-refractivity contribution in [1.29, 1.82) is 0 Å². The van der Waals surface area contributed by atoms with Gasteiger partial charge in [0.2, 0.25) is 0 Å². The largest absolute Gasteiger partial charge is 0.348 e. The predicted molar refractivity (Wildman–Crippen MR) is 71.1 cm³/mol. The van der Waals surface area contributed by atoms with Crippen LogP contribution in [0.15, 0.2) is 30.6 Å². The van der Waals surface area contributed by atoms with E-state index in [9.17, 15) is 0 Å². The van der Waals surface area contributed by atoms with E-state index in [0.29, 0.717) is 5.92 Å². The van der Waals surface area contributed by atoms with Gasteiger partial charge in [-0.15, -0.1) is 0 Å². The van der Waals surface area contributed by atoms with Crippen LogP contribution in [0.25, 0.3) is 0 Å². The molecule has 1 aliphatic heterocycles. The number of aryl methyl sites for hydroxylation is 2. The molecule has 1 fully saturated rings. The van der Waals surface area contributed by atoms with E-state index in [0.717, 1.165) is 12.4 Å². The standard InChI is InChI=1S/C14H18N4/c1-9-3-4-10(2)11(7-9)13-12(8-17-18-13)14-15-5-6-16-14/h3-7,12-13,17-18H,8H2,1-2H3,(H,15,16). The lowest BCUT2D eigenvalue weighted by Crippen LogP contribution is -2.25. The molecule has 1 aromatic heterocycles. The van der Waals surface area contributed by atoms with Crippen LogP contribution in [-0.2, 0) is 0 Å². The fraction of sp³-hybridized carbons (Fsp3) is 0.357. The van der Waals surface area contributed by atoms with Crippen molar-refractivity contribution in [3.63, 3.8) is 0 Å². The summed E-state index contributed by atoms with van der Waals surface area (Å²) < 4.78 is 0. The number of hydrogen-bond donors (Lipinski definition) is 3. The number of aromatic nitrogens is 2. The first kappa shape index (κ1) is 11.4. The zero-order valence-electron chi connectivity index (χ0n) is 10.7. The Morgan fingerprint density at radius 1 is 1.28 bits per heavy atom. The van der Waals surface area contributed by atoms with Crippen molar-refractivity contribution in [2.45, 2.75) is 25.8 Å². The normalized spacial score (nSPS) is 23.4. The number of nitrogens with one attached hydrogen (secondary N) is 3. The van der Waals surface area contributed by atoms with Crippen molar-refractivity contribution in [3.8, 4) is 0 Å². The molecular weight excluding hydrogens is 224 g/mol. The lowest BCUT2D eigenvalue weighted by atomic mass is 9.90. The minimum atomic E-state index is 0.274. The summed E-state index contributed by atoms with van der Waals surface area (Å²) in [6, 6.07) is 6.87. The third kappa shape index (κ3) is 1.94. The smallest absolute Gasteiger partial charge is 0.112 e. The molecule has 1 saturated heterocycles. The zero-order valence-corrected chi connectivity index (χ0v) is 10.7. The summed E-state index contributed by atoms with van der Waals surface area (Å²) in [5, 5.41) is 0. The number of hydrogen-bond acceptors (Lipinski definition) is 3. The second-order valence-corrected chi connectivity index (χ2v) is 4.94. The fourth-order valence-electron chi connectivity index (χ4n) is 2.62. The maximum absolute atomic E-state index is 4.39. The summed E-state index contributed by atoms with van der Waals surface area (Å²) in [6.45, 7) is 5.19. The van der Waals surface area contributed by atoms with Gasteiger partial charge in [0, 0.05) is 18.9 Å². The van der Waals surface area contributed by atoms with Crippen LogP contribution in [0.3, 0.4) is 0 Å². The minimum Gasteiger partial charge on any atom is -0.348 e. The summed E-state index contributed by atoms with van der Waals surface area (Å²) in [7, 11) is 0. The Morgan fingerprint density at radius 3 is 2.94 bits per heavy atom. The Balaban J connectivity index is 1.97. The van der Waals surface area contributed by atoms with Gasteiger partial charge < -0.3 is 4.98 Å². The predicted octanol–water partition coefficient (Wildman–Crippen LogP) is 1.96. The number of H-pyrrole nitrogens is 1. The van der Waals surface area contributed by atoms with Crippen LogP contribution in [0.2, 0.25) is 0 Å². The van der Waals surface area contributed by atoms with Crippen LogP contribution in [-0.4, -0.2) is 16.5 Å². The highest BCUT2D eigenvalue weighted by atomic mass is 15.4. The monoisotopic (exact) mass is 242 g/mol. The van der Waals surface area contributed by atoms with Crippen molar-refractivity contribution in [2.75, 3.05) is 6.54 Å². The van der Waals surface area contributed by atoms with Crippen LogP contribution in [0.4, 0.5) is 0 Å². The Bertz CT molecular complexity index is 533. The molecule has 1 aromatic carbocycles. The van der Waals surface area contributed by atoms with Crippen LogP contribution in [0.5, 0.6) is 0 Å². The van der Waals surface area contributed by atoms with E-state index in [-0.39, 0.29) is 6.04 Å². The molecule has 2 unspecified atom stereocenters. The molecule has 1 aliphatic rings. The van der Waals surface area contributed by atoms with E-state index >= 15 is 0 Å². The zero-order chi connectivity index (χ0) is 12.5. The number of benzene rings is 1. The maximum atomic E-state index is 4.39. The second kappa shape index (κ2) is 4.55. The first-order valence-corrected chi connectivity index (χ1v) is 6.30. The molecule has 18 heavy (non-hydrogen) atoms.